The lowest BCUT2D eigenvalue weighted by Gasteiger charge is -2.18. The van der Waals surface area contributed by atoms with E-state index < -0.39 is 0 Å². The van der Waals surface area contributed by atoms with Crippen LogP contribution in [0.3, 0.4) is 0 Å². The minimum absolute atomic E-state index is 0.727. The maximum absolute atomic E-state index is 5.12. The van der Waals surface area contributed by atoms with Crippen LogP contribution in [0.15, 0.2) is 6.07 Å². The highest BCUT2D eigenvalue weighted by atomic mass is 127. The van der Waals surface area contributed by atoms with Crippen LogP contribution in [0.1, 0.15) is 11.1 Å². The number of ether oxygens (including phenoxy) is 1. The van der Waals surface area contributed by atoms with E-state index >= 15 is 0 Å². The van der Waals surface area contributed by atoms with E-state index in [0.29, 0.717) is 0 Å². The van der Waals surface area contributed by atoms with E-state index in [1.54, 1.807) is 7.11 Å². The molecule has 0 atom stereocenters. The highest BCUT2D eigenvalue weighted by Crippen LogP contribution is 2.22. The van der Waals surface area contributed by atoms with Gasteiger partial charge in [0.05, 0.1) is 7.11 Å². The van der Waals surface area contributed by atoms with E-state index in [1.807, 2.05) is 6.07 Å². The van der Waals surface area contributed by atoms with E-state index in [1.165, 1.54) is 11.1 Å². The molecule has 70 valence electrons. The quantitative estimate of drug-likeness (QED) is 0.626. The molecule has 1 aromatic heterocycles. The van der Waals surface area contributed by atoms with Crippen molar-refractivity contribution in [1.82, 2.24) is 10.3 Å². The van der Waals surface area contributed by atoms with Gasteiger partial charge in [0.15, 0.2) is 0 Å². The summed E-state index contributed by atoms with van der Waals surface area (Å²) >= 11 is 2.26. The van der Waals surface area contributed by atoms with Gasteiger partial charge in [0.1, 0.15) is 3.70 Å². The number of halogens is 1. The van der Waals surface area contributed by atoms with Crippen LogP contribution in [0.5, 0.6) is 5.88 Å². The Hall–Kier alpha value is -0.360. The fraction of sp³-hybridized carbons (Fsp3) is 0.444. The zero-order valence-corrected chi connectivity index (χ0v) is 9.59. The normalized spacial score (nSPS) is 15.2. The zero-order valence-electron chi connectivity index (χ0n) is 7.43. The second-order valence-electron chi connectivity index (χ2n) is 3.02. The van der Waals surface area contributed by atoms with Gasteiger partial charge in [-0.05, 0) is 41.1 Å². The molecule has 0 saturated carbocycles. The first-order valence-electron chi connectivity index (χ1n) is 4.24. The standard InChI is InChI=1S/C9H11IN2O/c1-13-8-4-6-2-3-11-5-7(6)9(10)12-8/h4,11H,2-3,5H2,1H3. The van der Waals surface area contributed by atoms with Gasteiger partial charge in [0.25, 0.3) is 0 Å². The molecule has 0 spiro atoms. The molecule has 3 nitrogen and oxygen atoms in total. The molecule has 0 bridgehead atoms. The lowest BCUT2D eigenvalue weighted by Crippen LogP contribution is -2.25. The minimum Gasteiger partial charge on any atom is -0.481 e. The maximum atomic E-state index is 5.12. The zero-order chi connectivity index (χ0) is 9.26. The number of nitrogens with one attached hydrogen (secondary N) is 1. The van der Waals surface area contributed by atoms with Crippen LogP contribution < -0.4 is 10.1 Å². The number of pyridine rings is 1. The van der Waals surface area contributed by atoms with Crippen molar-refractivity contribution in [3.63, 3.8) is 0 Å². The summed E-state index contributed by atoms with van der Waals surface area (Å²) < 4.78 is 6.18. The van der Waals surface area contributed by atoms with Crippen molar-refractivity contribution in [2.24, 2.45) is 0 Å². The van der Waals surface area contributed by atoms with Crippen LogP contribution in [-0.2, 0) is 13.0 Å². The van der Waals surface area contributed by atoms with Gasteiger partial charge in [-0.2, -0.15) is 0 Å². The largest absolute Gasteiger partial charge is 0.481 e. The van der Waals surface area contributed by atoms with Gasteiger partial charge in [0.2, 0.25) is 5.88 Å². The highest BCUT2D eigenvalue weighted by molar-refractivity contribution is 14.1. The number of rotatable bonds is 1. The molecular weight excluding hydrogens is 279 g/mol. The van der Waals surface area contributed by atoms with E-state index in [4.69, 9.17) is 4.74 Å². The SMILES string of the molecule is COc1cc2c(c(I)n1)CNCC2. The molecule has 0 aliphatic carbocycles. The first-order chi connectivity index (χ1) is 6.31. The van der Waals surface area contributed by atoms with Gasteiger partial charge in [-0.15, -0.1) is 0 Å². The molecule has 2 heterocycles. The summed E-state index contributed by atoms with van der Waals surface area (Å²) in [5.41, 5.74) is 2.70. The van der Waals surface area contributed by atoms with Crippen LogP contribution in [-0.4, -0.2) is 18.6 Å². The van der Waals surface area contributed by atoms with Crippen molar-refractivity contribution in [2.75, 3.05) is 13.7 Å². The van der Waals surface area contributed by atoms with E-state index in [0.717, 1.165) is 29.1 Å². The topological polar surface area (TPSA) is 34.1 Å². The smallest absolute Gasteiger partial charge is 0.214 e. The molecule has 1 aliphatic heterocycles. The molecule has 13 heavy (non-hydrogen) atoms. The number of hydrogen-bond acceptors (Lipinski definition) is 3. The summed E-state index contributed by atoms with van der Waals surface area (Å²) in [6.45, 7) is 1.99. The van der Waals surface area contributed by atoms with Crippen molar-refractivity contribution >= 4 is 22.6 Å². The molecule has 0 radical (unpaired) electrons. The molecule has 1 aromatic rings. The number of nitrogens with zero attached hydrogens (tertiary/aromatic N) is 1. The highest BCUT2D eigenvalue weighted by Gasteiger charge is 2.14. The second-order valence-corrected chi connectivity index (χ2v) is 4.04. The summed E-state index contributed by atoms with van der Waals surface area (Å²) in [5.74, 6) is 0.727. The molecule has 4 heteroatoms. The molecule has 2 rings (SSSR count). The molecular formula is C9H11IN2O. The summed E-state index contributed by atoms with van der Waals surface area (Å²) in [7, 11) is 1.66. The van der Waals surface area contributed by atoms with Gasteiger partial charge < -0.3 is 10.1 Å². The Labute approximate surface area is 91.0 Å². The maximum Gasteiger partial charge on any atom is 0.214 e. The molecule has 1 aliphatic rings. The predicted molar refractivity (Wildman–Crippen MR) is 58.9 cm³/mol. The van der Waals surface area contributed by atoms with Crippen molar-refractivity contribution in [3.8, 4) is 5.88 Å². The van der Waals surface area contributed by atoms with Crippen molar-refractivity contribution in [3.05, 3.63) is 20.9 Å². The van der Waals surface area contributed by atoms with Gasteiger partial charge in [0, 0.05) is 18.2 Å². The Bertz CT molecular complexity index is 328. The first kappa shape index (κ1) is 9.21. The molecule has 1 N–H and O–H groups in total. The second kappa shape index (κ2) is 3.79. The summed E-state index contributed by atoms with van der Waals surface area (Å²) in [6, 6.07) is 2.04. The van der Waals surface area contributed by atoms with Crippen LogP contribution in [0.4, 0.5) is 0 Å². The molecule has 0 unspecified atom stereocenters. The van der Waals surface area contributed by atoms with E-state index in [9.17, 15) is 0 Å². The Balaban J connectivity index is 2.47. The summed E-state index contributed by atoms with van der Waals surface area (Å²) in [5, 5.41) is 3.33. The van der Waals surface area contributed by atoms with Crippen LogP contribution in [0.25, 0.3) is 0 Å². The molecule has 0 saturated heterocycles. The monoisotopic (exact) mass is 290 g/mol. The third kappa shape index (κ3) is 1.78. The lowest BCUT2D eigenvalue weighted by molar-refractivity contribution is 0.395. The predicted octanol–water partition coefficient (Wildman–Crippen LogP) is 1.34. The van der Waals surface area contributed by atoms with Crippen LogP contribution in [0, 0.1) is 3.70 Å². The number of hydrogen-bond donors (Lipinski definition) is 1. The van der Waals surface area contributed by atoms with Gasteiger partial charge in [-0.1, -0.05) is 0 Å². The first-order valence-corrected chi connectivity index (χ1v) is 5.32. The van der Waals surface area contributed by atoms with Gasteiger partial charge >= 0.3 is 0 Å². The number of fused-ring (bicyclic) bond motifs is 1. The van der Waals surface area contributed by atoms with Crippen LogP contribution in [0.2, 0.25) is 0 Å². The third-order valence-corrected chi connectivity index (χ3v) is 3.12. The van der Waals surface area contributed by atoms with Crippen LogP contribution >= 0.6 is 22.6 Å². The Morgan fingerprint density at radius 1 is 1.62 bits per heavy atom. The molecule has 0 fully saturated rings. The van der Waals surface area contributed by atoms with Crippen molar-refractivity contribution < 1.29 is 4.74 Å². The fourth-order valence-corrected chi connectivity index (χ4v) is 2.29. The Morgan fingerprint density at radius 3 is 3.23 bits per heavy atom. The van der Waals surface area contributed by atoms with Crippen molar-refractivity contribution in [1.29, 1.82) is 0 Å². The summed E-state index contributed by atoms with van der Waals surface area (Å²) in [4.78, 5) is 4.33. The minimum atomic E-state index is 0.727. The van der Waals surface area contributed by atoms with Gasteiger partial charge in [-0.3, -0.25) is 0 Å². The summed E-state index contributed by atoms with van der Waals surface area (Å²) in [6.07, 6.45) is 1.07. The average Bonchev–Trinajstić information content (AvgIpc) is 2.18. The third-order valence-electron chi connectivity index (χ3n) is 2.22. The molecule has 0 aromatic carbocycles. The van der Waals surface area contributed by atoms with E-state index in [2.05, 4.69) is 32.9 Å². The lowest BCUT2D eigenvalue weighted by atomic mass is 10.0. The van der Waals surface area contributed by atoms with Gasteiger partial charge in [-0.25, -0.2) is 4.98 Å². The number of methoxy groups -OCH3 is 1. The Morgan fingerprint density at radius 2 is 2.46 bits per heavy atom. The fourth-order valence-electron chi connectivity index (χ4n) is 1.52. The van der Waals surface area contributed by atoms with Crippen molar-refractivity contribution in [2.45, 2.75) is 13.0 Å². The Kier molecular flexibility index (Phi) is 2.69. The average molecular weight is 290 g/mol. The van der Waals surface area contributed by atoms with E-state index in [-0.39, 0.29) is 0 Å². The molecule has 0 amide bonds. The number of aromatic nitrogens is 1.